The zero-order chi connectivity index (χ0) is 31.6. The Kier molecular flexibility index (Phi) is 18.0. The fourth-order valence-corrected chi connectivity index (χ4v) is 5.74. The number of piperidine rings is 1. The van der Waals surface area contributed by atoms with E-state index in [0.29, 0.717) is 44.9 Å². The van der Waals surface area contributed by atoms with Crippen LogP contribution >= 0.6 is 82.4 Å². The van der Waals surface area contributed by atoms with Gasteiger partial charge in [-0.2, -0.15) is 8.42 Å². The standard InChI is InChI=1S/C18H16INO4S.C11H10INO2.I3.V/c1-13-4-10-16(11-5-13)25(22,23)24-17-3-2-12-20(18(17)21)15-8-6-14(19)7-9-15;12-8-3-5-9(6-4-8)13-7-1-2-10(14)11(13)15;1-3-2;/h3-11H,2,12H2,1H3;3-6H,1-2,7H2;;/q;;-1;. The molecule has 0 aromatic heterocycles. The van der Waals surface area contributed by atoms with Gasteiger partial charge in [0.05, 0.1) is 0 Å². The molecular formula is C29H26I5N2O6SV-. The van der Waals surface area contributed by atoms with Crippen LogP contribution in [0.25, 0.3) is 0 Å². The Morgan fingerprint density at radius 1 is 0.750 bits per heavy atom. The van der Waals surface area contributed by atoms with Crippen molar-refractivity contribution in [3.05, 3.63) is 97.3 Å². The summed E-state index contributed by atoms with van der Waals surface area (Å²) < 4.78 is 32.1. The number of nitrogens with zero attached hydrogens (tertiary/aromatic N) is 2. The van der Waals surface area contributed by atoms with Gasteiger partial charge in [0.1, 0.15) is 4.90 Å². The van der Waals surface area contributed by atoms with Crippen LogP contribution < -0.4 is 23.1 Å². The SMILES string of the molecule is Cc1ccc(S(=O)(=O)OC2=CCCN(c3ccc(I)cc3)C2=O)cc1.I[I-]I.O=C1CCCN(c2ccc(I)cc2)C1=O.[V]. The molecule has 44 heavy (non-hydrogen) atoms. The maximum atomic E-state index is 12.6. The Balaban J connectivity index is 0.000000303. The zero-order valence-electron chi connectivity index (χ0n) is 23.1. The van der Waals surface area contributed by atoms with Gasteiger partial charge in [-0.3, -0.25) is 14.4 Å². The average molecular weight is 1220 g/mol. The first-order valence-corrected chi connectivity index (χ1v) is 28.9. The van der Waals surface area contributed by atoms with E-state index in [2.05, 4.69) is 82.4 Å². The quantitative estimate of drug-likeness (QED) is 0.214. The largest absolute Gasteiger partial charge is 0.306 e. The smallest absolute Gasteiger partial charge is 0.294 e. The van der Waals surface area contributed by atoms with E-state index < -0.39 is 16.0 Å². The number of halogens is 5. The van der Waals surface area contributed by atoms with Gasteiger partial charge >= 0.3 is 60.6 Å². The number of hydrogen-bond acceptors (Lipinski definition) is 6. The fourth-order valence-electron chi connectivity index (χ4n) is 4.08. The average Bonchev–Trinajstić information content (AvgIpc) is 2.98. The molecule has 3 aromatic rings. The topological polar surface area (TPSA) is 101 Å². The van der Waals surface area contributed by atoms with E-state index in [1.807, 2.05) is 55.5 Å². The Hall–Kier alpha value is -0.00558. The number of aryl methyl sites for hydroxylation is 1. The number of rotatable bonds is 5. The third kappa shape index (κ3) is 11.9. The molecule has 0 atom stereocenters. The van der Waals surface area contributed by atoms with Crippen LogP contribution in [0.15, 0.2) is 89.5 Å². The second-order valence-corrected chi connectivity index (χ2v) is 29.4. The first-order chi connectivity index (χ1) is 20.5. The molecule has 5 rings (SSSR count). The van der Waals surface area contributed by atoms with Crippen molar-refractivity contribution in [1.82, 2.24) is 0 Å². The predicted molar refractivity (Wildman–Crippen MR) is 197 cm³/mol. The Bertz CT molecular complexity index is 1570. The maximum Gasteiger partial charge on any atom is 0.294 e. The minimum Gasteiger partial charge on any atom is -0.306 e. The first kappa shape index (κ1) is 40.2. The van der Waals surface area contributed by atoms with Crippen molar-refractivity contribution in [2.24, 2.45) is 0 Å². The number of anilines is 2. The van der Waals surface area contributed by atoms with Crippen LogP contribution in [0.4, 0.5) is 11.4 Å². The molecule has 0 saturated carbocycles. The van der Waals surface area contributed by atoms with Crippen molar-refractivity contribution in [2.45, 2.75) is 31.1 Å². The molecule has 3 aromatic carbocycles. The molecule has 0 bridgehead atoms. The third-order valence-corrected chi connectivity index (χ3v) is 8.88. The number of carbonyl (C=O) groups excluding carboxylic acids is 3. The number of benzene rings is 3. The van der Waals surface area contributed by atoms with Gasteiger partial charge in [-0.05, 0) is 132 Å². The Morgan fingerprint density at radius 3 is 1.73 bits per heavy atom. The third-order valence-electron chi connectivity index (χ3n) is 6.19. The van der Waals surface area contributed by atoms with Crippen LogP contribution in [0.1, 0.15) is 24.8 Å². The summed E-state index contributed by atoms with van der Waals surface area (Å²) in [5, 5.41) is 0. The minimum atomic E-state index is -4.04. The predicted octanol–water partition coefficient (Wildman–Crippen LogP) is 4.39. The van der Waals surface area contributed by atoms with Crippen molar-refractivity contribution < 1.29 is 58.8 Å². The van der Waals surface area contributed by atoms with Crippen LogP contribution in [0.3, 0.4) is 0 Å². The maximum absolute atomic E-state index is 12.6. The van der Waals surface area contributed by atoms with Gasteiger partial charge in [0.2, 0.25) is 11.5 Å². The number of hydrogen-bond donors (Lipinski definition) is 0. The Labute approximate surface area is 326 Å². The van der Waals surface area contributed by atoms with Crippen molar-refractivity contribution in [3.8, 4) is 0 Å². The van der Waals surface area contributed by atoms with Crippen molar-refractivity contribution >= 4 is 122 Å². The minimum absolute atomic E-state index is 0. The van der Waals surface area contributed by atoms with Crippen molar-refractivity contribution in [3.63, 3.8) is 0 Å². The summed E-state index contributed by atoms with van der Waals surface area (Å²) in [6, 6.07) is 21.4. The van der Waals surface area contributed by atoms with Crippen LogP contribution in [0.5, 0.6) is 0 Å². The molecule has 15 heteroatoms. The van der Waals surface area contributed by atoms with E-state index in [9.17, 15) is 22.8 Å². The van der Waals surface area contributed by atoms with E-state index in [1.165, 1.54) is 23.1 Å². The van der Waals surface area contributed by atoms with E-state index in [1.54, 1.807) is 17.0 Å². The molecule has 0 aliphatic carbocycles. The van der Waals surface area contributed by atoms with Gasteiger partial charge in [0.15, 0.2) is 0 Å². The van der Waals surface area contributed by atoms with Gasteiger partial charge in [0.25, 0.3) is 11.8 Å². The van der Waals surface area contributed by atoms with Gasteiger partial charge in [-0.1, -0.05) is 17.7 Å². The van der Waals surface area contributed by atoms with Gasteiger partial charge in [-0.25, -0.2) is 0 Å². The molecule has 2 aliphatic rings. The fraction of sp³-hybridized carbons (Fsp3) is 0.207. The van der Waals surface area contributed by atoms with E-state index in [4.69, 9.17) is 4.18 Å². The number of amides is 2. The summed E-state index contributed by atoms with van der Waals surface area (Å²) in [5.74, 6) is -1.27. The van der Waals surface area contributed by atoms with Gasteiger partial charge in [-0.15, -0.1) is 0 Å². The molecule has 1 saturated heterocycles. The number of carbonyl (C=O) groups is 3. The van der Waals surface area contributed by atoms with E-state index >= 15 is 0 Å². The summed E-state index contributed by atoms with van der Waals surface area (Å²) in [5.41, 5.74) is 2.47. The molecule has 2 amide bonds. The molecule has 2 heterocycles. The number of ketones is 1. The second-order valence-electron chi connectivity index (χ2n) is 9.15. The molecule has 1 radical (unpaired) electrons. The zero-order valence-corrected chi connectivity index (χ0v) is 36.1. The van der Waals surface area contributed by atoms with Gasteiger partial charge in [0, 0.05) is 56.6 Å². The van der Waals surface area contributed by atoms with Crippen LogP contribution in [-0.4, -0.2) is 39.1 Å². The summed E-state index contributed by atoms with van der Waals surface area (Å²) in [6.45, 7) is 2.99. The van der Waals surface area contributed by atoms with Gasteiger partial charge < -0.3 is 14.0 Å². The van der Waals surface area contributed by atoms with Crippen molar-refractivity contribution in [2.75, 3.05) is 22.9 Å². The first-order valence-electron chi connectivity index (χ1n) is 12.7. The van der Waals surface area contributed by atoms with Crippen LogP contribution in [0, 0.1) is 14.1 Å². The summed E-state index contributed by atoms with van der Waals surface area (Å²) in [4.78, 5) is 38.6. The van der Waals surface area contributed by atoms with Crippen LogP contribution in [0.2, 0.25) is 0 Å². The van der Waals surface area contributed by atoms with Crippen LogP contribution in [-0.2, 0) is 47.2 Å². The van der Waals surface area contributed by atoms with Crippen molar-refractivity contribution in [1.29, 1.82) is 0 Å². The summed E-state index contributed by atoms with van der Waals surface area (Å²) in [7, 11) is -4.04. The normalized spacial score (nSPS) is 14.8. The summed E-state index contributed by atoms with van der Waals surface area (Å²) >= 11 is 9.69. The number of Topliss-reactive ketones (excluding diaryl/α,β-unsaturated/α-hetero) is 1. The Morgan fingerprint density at radius 2 is 1.23 bits per heavy atom. The summed E-state index contributed by atoms with van der Waals surface area (Å²) in [6.07, 6.45) is 3.20. The molecule has 8 nitrogen and oxygen atoms in total. The molecule has 0 unspecified atom stereocenters. The molecule has 1 fully saturated rings. The molecule has 0 N–H and O–H groups in total. The molecule has 0 spiro atoms. The van der Waals surface area contributed by atoms with E-state index in [0.717, 1.165) is 24.8 Å². The molecular weight excluding hydrogens is 1190 g/mol. The molecule has 2 aliphatic heterocycles. The van der Waals surface area contributed by atoms with E-state index in [-0.39, 0.29) is 40.9 Å². The second kappa shape index (κ2) is 19.7. The molecule has 235 valence electrons. The monoisotopic (exact) mass is 1220 g/mol.